The van der Waals surface area contributed by atoms with E-state index >= 15 is 0 Å². The van der Waals surface area contributed by atoms with Gasteiger partial charge in [-0.3, -0.25) is 4.79 Å². The van der Waals surface area contributed by atoms with E-state index in [1.54, 1.807) is 37.3 Å². The van der Waals surface area contributed by atoms with Gasteiger partial charge in [-0.15, -0.1) is 0 Å². The van der Waals surface area contributed by atoms with Crippen molar-refractivity contribution >= 4 is 21.8 Å². The van der Waals surface area contributed by atoms with Gasteiger partial charge in [0.2, 0.25) is 0 Å². The molecule has 0 bridgehead atoms. The summed E-state index contributed by atoms with van der Waals surface area (Å²) in [6.07, 6.45) is 3.61. The summed E-state index contributed by atoms with van der Waals surface area (Å²) >= 11 is 3.39. The minimum Gasteiger partial charge on any atom is -0.497 e. The molecule has 20 heavy (non-hydrogen) atoms. The fourth-order valence-electron chi connectivity index (χ4n) is 2.71. The maximum absolute atomic E-state index is 12.4. The maximum Gasteiger partial charge on any atom is 0.254 e. The van der Waals surface area contributed by atoms with Crippen LogP contribution < -0.4 is 4.74 Å². The van der Waals surface area contributed by atoms with Gasteiger partial charge in [-0.05, 0) is 47.0 Å². The van der Waals surface area contributed by atoms with E-state index in [9.17, 15) is 9.90 Å². The zero-order valence-electron chi connectivity index (χ0n) is 11.9. The standard InChI is InChI=1S/C15H20BrNO3/c1-17(10-15(19)7-3-4-8-15)14(18)12-6-5-11(20-2)9-13(12)16/h5-6,9,19H,3-4,7-8,10H2,1-2H3. The molecule has 110 valence electrons. The van der Waals surface area contributed by atoms with E-state index in [2.05, 4.69) is 15.9 Å². The average molecular weight is 342 g/mol. The monoisotopic (exact) mass is 341 g/mol. The van der Waals surface area contributed by atoms with Crippen molar-refractivity contribution in [2.45, 2.75) is 31.3 Å². The summed E-state index contributed by atoms with van der Waals surface area (Å²) in [6, 6.07) is 5.27. The Morgan fingerprint density at radius 2 is 2.10 bits per heavy atom. The average Bonchev–Trinajstić information content (AvgIpc) is 2.84. The summed E-state index contributed by atoms with van der Waals surface area (Å²) in [5.41, 5.74) is -0.140. The molecule has 0 aliphatic heterocycles. The van der Waals surface area contributed by atoms with Crippen molar-refractivity contribution in [3.8, 4) is 5.75 Å². The third-order valence-electron chi connectivity index (χ3n) is 3.82. The molecule has 0 atom stereocenters. The molecule has 4 nitrogen and oxygen atoms in total. The highest BCUT2D eigenvalue weighted by atomic mass is 79.9. The Bertz CT molecular complexity index is 498. The Balaban J connectivity index is 2.10. The number of methoxy groups -OCH3 is 1. The third-order valence-corrected chi connectivity index (χ3v) is 4.48. The molecule has 1 aliphatic rings. The van der Waals surface area contributed by atoms with Crippen LogP contribution in [0.25, 0.3) is 0 Å². The Labute approximate surface area is 127 Å². The Kier molecular flexibility index (Phi) is 4.70. The van der Waals surface area contributed by atoms with Crippen LogP contribution in [0.4, 0.5) is 0 Å². The molecule has 0 unspecified atom stereocenters. The number of carbonyl (C=O) groups excluding carboxylic acids is 1. The van der Waals surface area contributed by atoms with Gasteiger partial charge in [0.05, 0.1) is 18.3 Å². The normalized spacial score (nSPS) is 17.0. The minimum atomic E-state index is -0.719. The van der Waals surface area contributed by atoms with Crippen LogP contribution in [0.5, 0.6) is 5.75 Å². The van der Waals surface area contributed by atoms with Crippen molar-refractivity contribution in [2.24, 2.45) is 0 Å². The summed E-state index contributed by atoms with van der Waals surface area (Å²) in [4.78, 5) is 14.0. The van der Waals surface area contributed by atoms with Crippen LogP contribution in [0.1, 0.15) is 36.0 Å². The largest absolute Gasteiger partial charge is 0.497 e. The highest BCUT2D eigenvalue weighted by molar-refractivity contribution is 9.10. The highest BCUT2D eigenvalue weighted by Crippen LogP contribution is 2.31. The topological polar surface area (TPSA) is 49.8 Å². The van der Waals surface area contributed by atoms with E-state index in [1.807, 2.05) is 0 Å². The fourth-order valence-corrected chi connectivity index (χ4v) is 3.23. The number of aliphatic hydroxyl groups is 1. The van der Waals surface area contributed by atoms with Crippen LogP contribution in [0.3, 0.4) is 0 Å². The first-order valence-corrected chi connectivity index (χ1v) is 7.56. The molecule has 0 radical (unpaired) electrons. The predicted molar refractivity (Wildman–Crippen MR) is 81.1 cm³/mol. The number of benzene rings is 1. The first-order valence-electron chi connectivity index (χ1n) is 6.76. The second kappa shape index (κ2) is 6.14. The molecule has 0 spiro atoms. The predicted octanol–water partition coefficient (Wildman–Crippen LogP) is 2.83. The van der Waals surface area contributed by atoms with Crippen LogP contribution in [0, 0.1) is 0 Å². The Morgan fingerprint density at radius 3 is 2.65 bits per heavy atom. The van der Waals surface area contributed by atoms with Crippen molar-refractivity contribution in [3.05, 3.63) is 28.2 Å². The molecule has 0 saturated heterocycles. The molecule has 0 aromatic heterocycles. The lowest BCUT2D eigenvalue weighted by molar-refractivity contribution is 0.0156. The Morgan fingerprint density at radius 1 is 1.45 bits per heavy atom. The highest BCUT2D eigenvalue weighted by Gasteiger charge is 2.33. The molecule has 1 saturated carbocycles. The van der Waals surface area contributed by atoms with E-state index in [1.165, 1.54) is 0 Å². The number of ether oxygens (including phenoxy) is 1. The van der Waals surface area contributed by atoms with E-state index in [0.717, 1.165) is 25.7 Å². The first kappa shape index (κ1) is 15.3. The van der Waals surface area contributed by atoms with Gasteiger partial charge in [0, 0.05) is 18.1 Å². The summed E-state index contributed by atoms with van der Waals surface area (Å²) < 4.78 is 5.82. The van der Waals surface area contributed by atoms with Crippen molar-refractivity contribution in [2.75, 3.05) is 20.7 Å². The number of rotatable bonds is 4. The zero-order valence-corrected chi connectivity index (χ0v) is 13.4. The molecule has 1 aliphatic carbocycles. The number of hydrogen-bond acceptors (Lipinski definition) is 3. The van der Waals surface area contributed by atoms with Gasteiger partial charge >= 0.3 is 0 Å². The third kappa shape index (κ3) is 3.33. The van der Waals surface area contributed by atoms with Crippen LogP contribution >= 0.6 is 15.9 Å². The lowest BCUT2D eigenvalue weighted by Crippen LogP contribution is -2.42. The van der Waals surface area contributed by atoms with Crippen LogP contribution in [-0.4, -0.2) is 42.2 Å². The van der Waals surface area contributed by atoms with Crippen molar-refractivity contribution < 1.29 is 14.6 Å². The molecular weight excluding hydrogens is 322 g/mol. The maximum atomic E-state index is 12.4. The van der Waals surface area contributed by atoms with Gasteiger partial charge in [-0.2, -0.15) is 0 Å². The van der Waals surface area contributed by atoms with Crippen LogP contribution in [0.15, 0.2) is 22.7 Å². The second-order valence-electron chi connectivity index (χ2n) is 5.44. The van der Waals surface area contributed by atoms with Crippen molar-refractivity contribution in [1.82, 2.24) is 4.90 Å². The SMILES string of the molecule is COc1ccc(C(=O)N(C)CC2(O)CCCC2)c(Br)c1. The zero-order chi connectivity index (χ0) is 14.8. The van der Waals surface area contributed by atoms with E-state index in [0.29, 0.717) is 22.3 Å². The van der Waals surface area contributed by atoms with Gasteiger partial charge in [0.25, 0.3) is 5.91 Å². The molecule has 1 aromatic carbocycles. The molecule has 0 heterocycles. The molecular formula is C15H20BrNO3. The quantitative estimate of drug-likeness (QED) is 0.915. The molecule has 5 heteroatoms. The van der Waals surface area contributed by atoms with Crippen LogP contribution in [0.2, 0.25) is 0 Å². The van der Waals surface area contributed by atoms with E-state index in [-0.39, 0.29) is 5.91 Å². The molecule has 1 N–H and O–H groups in total. The van der Waals surface area contributed by atoms with E-state index < -0.39 is 5.60 Å². The molecule has 1 fully saturated rings. The lowest BCUT2D eigenvalue weighted by Gasteiger charge is -2.29. The fraction of sp³-hybridized carbons (Fsp3) is 0.533. The summed E-state index contributed by atoms with van der Waals surface area (Å²) in [5.74, 6) is 0.602. The second-order valence-corrected chi connectivity index (χ2v) is 6.29. The molecule has 1 aromatic rings. The number of likely N-dealkylation sites (N-methyl/N-ethyl adjacent to an activating group) is 1. The molecule has 2 rings (SSSR count). The van der Waals surface area contributed by atoms with Crippen molar-refractivity contribution in [3.63, 3.8) is 0 Å². The summed E-state index contributed by atoms with van der Waals surface area (Å²) in [5, 5.41) is 10.4. The number of hydrogen-bond donors (Lipinski definition) is 1. The summed E-state index contributed by atoms with van der Waals surface area (Å²) in [6.45, 7) is 0.379. The van der Waals surface area contributed by atoms with Gasteiger partial charge in [0.1, 0.15) is 5.75 Å². The van der Waals surface area contributed by atoms with Gasteiger partial charge in [0.15, 0.2) is 0 Å². The number of amides is 1. The summed E-state index contributed by atoms with van der Waals surface area (Å²) in [7, 11) is 3.32. The number of carbonyl (C=O) groups is 1. The smallest absolute Gasteiger partial charge is 0.254 e. The Hall–Kier alpha value is -1.07. The van der Waals surface area contributed by atoms with Crippen LogP contribution in [-0.2, 0) is 0 Å². The lowest BCUT2D eigenvalue weighted by atomic mass is 10.0. The van der Waals surface area contributed by atoms with E-state index in [4.69, 9.17) is 4.74 Å². The first-order chi connectivity index (χ1) is 9.45. The van der Waals surface area contributed by atoms with Crippen molar-refractivity contribution in [1.29, 1.82) is 0 Å². The van der Waals surface area contributed by atoms with Gasteiger partial charge in [-0.1, -0.05) is 12.8 Å². The molecule has 1 amide bonds. The number of halogens is 1. The van der Waals surface area contributed by atoms with Gasteiger partial charge in [-0.25, -0.2) is 0 Å². The van der Waals surface area contributed by atoms with Gasteiger partial charge < -0.3 is 14.7 Å². The number of nitrogens with zero attached hydrogens (tertiary/aromatic N) is 1. The minimum absolute atomic E-state index is 0.0974.